The molecule has 1 nitrogen and oxygen atoms in total. The fourth-order valence-electron chi connectivity index (χ4n) is 0.931. The predicted octanol–water partition coefficient (Wildman–Crippen LogP) is 4.76. The molecule has 0 N–H and O–H groups in total. The average Bonchev–Trinajstić information content (AvgIpc) is 2.28. The number of allylic oxidation sites excluding steroid dienone is 2. The minimum atomic E-state index is 0.985. The minimum absolute atomic E-state index is 0.985. The summed E-state index contributed by atoms with van der Waals surface area (Å²) < 4.78 is 0.985. The molecule has 0 amide bonds. The monoisotopic (exact) mass is 285 g/mol. The Morgan fingerprint density at radius 2 is 2.13 bits per heavy atom. The first-order valence-corrected chi connectivity index (χ1v) is 6.82. The van der Waals surface area contributed by atoms with Crippen LogP contribution in [0.4, 0.5) is 0 Å². The molecule has 1 heterocycles. The van der Waals surface area contributed by atoms with Crippen LogP contribution in [0.5, 0.6) is 0 Å². The molecule has 0 saturated carbocycles. The molecule has 82 valence electrons. The maximum absolute atomic E-state index is 4.09. The van der Waals surface area contributed by atoms with Gasteiger partial charge in [0.25, 0.3) is 0 Å². The Kier molecular flexibility index (Phi) is 8.43. The fourth-order valence-corrected chi connectivity index (χ4v) is 1.78. The van der Waals surface area contributed by atoms with E-state index in [9.17, 15) is 0 Å². The molecule has 0 spiro atoms. The molecule has 0 aliphatic carbocycles. The van der Waals surface area contributed by atoms with Crippen LogP contribution in [0.2, 0.25) is 0 Å². The van der Waals surface area contributed by atoms with Gasteiger partial charge in [0, 0.05) is 22.4 Å². The smallest absolute Gasteiger partial charge is 0.0410 e. The zero-order chi connectivity index (χ0) is 11.7. The topological polar surface area (TPSA) is 12.9 Å². The van der Waals surface area contributed by atoms with E-state index >= 15 is 0 Å². The normalized spacial score (nSPS) is 10.3. The van der Waals surface area contributed by atoms with Gasteiger partial charge in [0.2, 0.25) is 0 Å². The van der Waals surface area contributed by atoms with Gasteiger partial charge in [-0.05, 0) is 39.2 Å². The predicted molar refractivity (Wildman–Crippen MR) is 75.0 cm³/mol. The van der Waals surface area contributed by atoms with Crippen molar-refractivity contribution in [3.63, 3.8) is 0 Å². The average molecular weight is 286 g/mol. The molecule has 1 aromatic heterocycles. The zero-order valence-corrected chi connectivity index (χ0v) is 11.7. The van der Waals surface area contributed by atoms with Crippen LogP contribution < -0.4 is 0 Å². The summed E-state index contributed by atoms with van der Waals surface area (Å²) >= 11 is 5.04. The summed E-state index contributed by atoms with van der Waals surface area (Å²) in [5, 5.41) is 2.05. The Morgan fingerprint density at radius 3 is 2.60 bits per heavy atom. The molecule has 0 saturated heterocycles. The Hall–Kier alpha value is -0.540. The zero-order valence-electron chi connectivity index (χ0n) is 9.33. The first-order valence-electron chi connectivity index (χ1n) is 4.74. The van der Waals surface area contributed by atoms with E-state index in [0.29, 0.717) is 0 Å². The number of hydrogen-bond donors (Lipinski definition) is 0. The van der Waals surface area contributed by atoms with Crippen molar-refractivity contribution in [1.29, 1.82) is 0 Å². The number of aromatic nitrogens is 1. The highest BCUT2D eigenvalue weighted by atomic mass is 79.9. The Bertz CT molecular complexity index is 334. The molecule has 0 aromatic carbocycles. The number of nitrogens with zero attached hydrogens (tertiary/aromatic N) is 1. The maximum atomic E-state index is 4.09. The first kappa shape index (κ1) is 14.5. The van der Waals surface area contributed by atoms with Crippen molar-refractivity contribution < 1.29 is 0 Å². The summed E-state index contributed by atoms with van der Waals surface area (Å²) in [5.74, 6) is 0. The van der Waals surface area contributed by atoms with Crippen molar-refractivity contribution in [3.05, 3.63) is 46.6 Å². The second-order valence-corrected chi connectivity index (χ2v) is 4.03. The molecule has 0 bridgehead atoms. The summed E-state index contributed by atoms with van der Waals surface area (Å²) in [7, 11) is 0. The van der Waals surface area contributed by atoms with Crippen LogP contribution in [0.3, 0.4) is 0 Å². The van der Waals surface area contributed by atoms with Gasteiger partial charge in [-0.1, -0.05) is 26.5 Å². The lowest BCUT2D eigenvalue weighted by Gasteiger charge is -2.00. The van der Waals surface area contributed by atoms with Gasteiger partial charge in [0.05, 0.1) is 0 Å². The van der Waals surface area contributed by atoms with Crippen LogP contribution in [-0.4, -0.2) is 11.2 Å². The third-order valence-corrected chi connectivity index (χ3v) is 2.43. The lowest BCUT2D eigenvalue weighted by Crippen LogP contribution is -1.82. The molecule has 15 heavy (non-hydrogen) atoms. The van der Waals surface area contributed by atoms with Gasteiger partial charge in [0.15, 0.2) is 0 Å². The van der Waals surface area contributed by atoms with Crippen LogP contribution in [0.25, 0.3) is 5.57 Å². The molecule has 3 heteroatoms. The molecule has 0 radical (unpaired) electrons. The van der Waals surface area contributed by atoms with Crippen molar-refractivity contribution in [2.24, 2.45) is 0 Å². The largest absolute Gasteiger partial charge is 0.263 e. The van der Waals surface area contributed by atoms with Gasteiger partial charge in [-0.3, -0.25) is 4.98 Å². The highest BCUT2D eigenvalue weighted by Crippen LogP contribution is 2.20. The highest BCUT2D eigenvalue weighted by molar-refractivity contribution is 9.10. The van der Waals surface area contributed by atoms with E-state index in [-0.39, 0.29) is 0 Å². The number of rotatable bonds is 3. The van der Waals surface area contributed by atoms with Gasteiger partial charge < -0.3 is 0 Å². The standard InChI is InChI=1S/C10H10BrNS.C2H6/c1-3-8(7-13-2)9-4-10(11)6-12-5-9;1-2/h3-7H,1H2,2H3;1-2H3/b8-7+;. The van der Waals surface area contributed by atoms with Crippen molar-refractivity contribution in [2.45, 2.75) is 13.8 Å². The van der Waals surface area contributed by atoms with Crippen molar-refractivity contribution >= 4 is 33.3 Å². The van der Waals surface area contributed by atoms with E-state index < -0.39 is 0 Å². The van der Waals surface area contributed by atoms with Gasteiger partial charge in [-0.25, -0.2) is 0 Å². The van der Waals surface area contributed by atoms with Gasteiger partial charge in [0.1, 0.15) is 0 Å². The second-order valence-electron chi connectivity index (χ2n) is 2.40. The molecule has 0 atom stereocenters. The molecule has 1 aromatic rings. The van der Waals surface area contributed by atoms with E-state index in [1.165, 1.54) is 0 Å². The quantitative estimate of drug-likeness (QED) is 0.743. The summed E-state index contributed by atoms with van der Waals surface area (Å²) in [6.45, 7) is 7.76. The summed E-state index contributed by atoms with van der Waals surface area (Å²) in [6.07, 6.45) is 7.45. The van der Waals surface area contributed by atoms with Crippen molar-refractivity contribution in [2.75, 3.05) is 6.26 Å². The summed E-state index contributed by atoms with van der Waals surface area (Å²) in [4.78, 5) is 4.09. The second kappa shape index (κ2) is 8.74. The van der Waals surface area contributed by atoms with Crippen LogP contribution in [0.15, 0.2) is 41.0 Å². The van der Waals surface area contributed by atoms with E-state index in [2.05, 4.69) is 32.9 Å². The Labute approximate surface area is 105 Å². The van der Waals surface area contributed by atoms with Gasteiger partial charge in [-0.2, -0.15) is 0 Å². The van der Waals surface area contributed by atoms with E-state index in [1.807, 2.05) is 38.4 Å². The molecule has 0 aliphatic heterocycles. The molecule has 0 unspecified atom stereocenters. The molecule has 1 rings (SSSR count). The van der Waals surface area contributed by atoms with Crippen LogP contribution in [0.1, 0.15) is 19.4 Å². The first-order chi connectivity index (χ1) is 7.27. The molecule has 0 aliphatic rings. The van der Waals surface area contributed by atoms with Gasteiger partial charge >= 0.3 is 0 Å². The lowest BCUT2D eigenvalue weighted by atomic mass is 10.1. The van der Waals surface area contributed by atoms with Crippen LogP contribution in [0, 0.1) is 0 Å². The van der Waals surface area contributed by atoms with Gasteiger partial charge in [-0.15, -0.1) is 11.8 Å². The molecular weight excluding hydrogens is 270 g/mol. The van der Waals surface area contributed by atoms with E-state index in [4.69, 9.17) is 0 Å². The number of pyridine rings is 1. The SMILES string of the molecule is C=C/C(=C\SC)c1cncc(Br)c1.CC. The third kappa shape index (κ3) is 5.19. The Morgan fingerprint density at radius 1 is 1.47 bits per heavy atom. The number of halogens is 1. The number of hydrogen-bond acceptors (Lipinski definition) is 2. The van der Waals surface area contributed by atoms with Crippen molar-refractivity contribution in [3.8, 4) is 0 Å². The summed E-state index contributed by atoms with van der Waals surface area (Å²) in [6, 6.07) is 2.02. The van der Waals surface area contributed by atoms with E-state index in [0.717, 1.165) is 15.6 Å². The van der Waals surface area contributed by atoms with Crippen molar-refractivity contribution in [1.82, 2.24) is 4.98 Å². The van der Waals surface area contributed by atoms with E-state index in [1.54, 1.807) is 18.0 Å². The lowest BCUT2D eigenvalue weighted by molar-refractivity contribution is 1.29. The molecular formula is C12H16BrNS. The third-order valence-electron chi connectivity index (χ3n) is 1.50. The molecule has 0 fully saturated rings. The highest BCUT2D eigenvalue weighted by Gasteiger charge is 1.97. The minimum Gasteiger partial charge on any atom is -0.263 e. The Balaban J connectivity index is 0.000000921. The summed E-state index contributed by atoms with van der Waals surface area (Å²) in [5.41, 5.74) is 2.18. The number of thioether (sulfide) groups is 1. The maximum Gasteiger partial charge on any atom is 0.0410 e. The fraction of sp³-hybridized carbons (Fsp3) is 0.250. The van der Waals surface area contributed by atoms with Crippen LogP contribution >= 0.6 is 27.7 Å². The van der Waals surface area contributed by atoms with Crippen LogP contribution in [-0.2, 0) is 0 Å².